The van der Waals surface area contributed by atoms with Gasteiger partial charge in [0, 0.05) is 9.90 Å². The monoisotopic (exact) mass is 285 g/mol. The molecule has 0 aliphatic heterocycles. The number of aryl methyl sites for hydroxylation is 1. The summed E-state index contributed by atoms with van der Waals surface area (Å²) in [6.07, 6.45) is 0. The number of thiophene rings is 1. The van der Waals surface area contributed by atoms with E-state index in [1.165, 1.54) is 4.88 Å². The summed E-state index contributed by atoms with van der Waals surface area (Å²) in [5.74, 6) is 0. The Hall–Kier alpha value is -0.540. The van der Waals surface area contributed by atoms with E-state index in [0.717, 1.165) is 20.5 Å². The number of hydrogen-bond acceptors (Lipinski definition) is 2. The van der Waals surface area contributed by atoms with Gasteiger partial charge in [-0.05, 0) is 43.3 Å². The first kappa shape index (κ1) is 12.9. The molecule has 0 aliphatic carbocycles. The molecule has 1 aromatic heterocycles. The Balaban J connectivity index is 2.39. The van der Waals surface area contributed by atoms with Crippen molar-refractivity contribution < 1.29 is 0 Å². The van der Waals surface area contributed by atoms with Gasteiger partial charge in [-0.1, -0.05) is 35.3 Å². The predicted octanol–water partition coefficient (Wildman–Crippen LogP) is 4.67. The first-order valence-corrected chi connectivity index (χ1v) is 6.87. The fourth-order valence-electron chi connectivity index (χ4n) is 1.79. The zero-order valence-electron chi connectivity index (χ0n) is 9.63. The summed E-state index contributed by atoms with van der Waals surface area (Å²) in [5.41, 5.74) is 2.27. The number of hydrogen-bond donors (Lipinski definition) is 1. The van der Waals surface area contributed by atoms with E-state index in [1.807, 2.05) is 32.2 Å². The van der Waals surface area contributed by atoms with Gasteiger partial charge in [0.05, 0.1) is 10.4 Å². The van der Waals surface area contributed by atoms with Crippen molar-refractivity contribution in [3.05, 3.63) is 55.7 Å². The van der Waals surface area contributed by atoms with E-state index in [0.29, 0.717) is 0 Å². The van der Waals surface area contributed by atoms with Gasteiger partial charge in [-0.3, -0.25) is 0 Å². The maximum atomic E-state index is 6.11. The lowest BCUT2D eigenvalue weighted by molar-refractivity contribution is 0.703. The molecule has 0 bridgehead atoms. The van der Waals surface area contributed by atoms with Crippen molar-refractivity contribution in [1.82, 2.24) is 5.32 Å². The molecule has 0 radical (unpaired) electrons. The second-order valence-corrected chi connectivity index (χ2v) is 6.00. The molecule has 1 unspecified atom stereocenters. The molecule has 2 rings (SSSR count). The van der Waals surface area contributed by atoms with Crippen molar-refractivity contribution in [2.45, 2.75) is 13.0 Å². The van der Waals surface area contributed by atoms with Crippen LogP contribution >= 0.6 is 34.5 Å². The Morgan fingerprint density at radius 1 is 1.24 bits per heavy atom. The van der Waals surface area contributed by atoms with Crippen LogP contribution < -0.4 is 5.32 Å². The van der Waals surface area contributed by atoms with E-state index in [1.54, 1.807) is 11.3 Å². The molecule has 1 N–H and O–H groups in total. The molecular formula is C13H13Cl2NS. The fraction of sp³-hybridized carbons (Fsp3) is 0.231. The lowest BCUT2D eigenvalue weighted by atomic mass is 10.1. The first-order chi connectivity index (χ1) is 8.11. The highest BCUT2D eigenvalue weighted by molar-refractivity contribution is 7.16. The van der Waals surface area contributed by atoms with Crippen molar-refractivity contribution in [1.29, 1.82) is 0 Å². The largest absolute Gasteiger partial charge is 0.309 e. The van der Waals surface area contributed by atoms with Gasteiger partial charge in [0.15, 0.2) is 0 Å². The normalized spacial score (nSPS) is 12.7. The minimum atomic E-state index is 0.143. The molecule has 1 heterocycles. The standard InChI is InChI=1S/C13H13Cl2NS/c1-8-6-11(17-13(8)15)12(16-2)9-4-3-5-10(14)7-9/h3-7,12,16H,1-2H3. The molecule has 17 heavy (non-hydrogen) atoms. The topological polar surface area (TPSA) is 12.0 Å². The Morgan fingerprint density at radius 2 is 2.00 bits per heavy atom. The summed E-state index contributed by atoms with van der Waals surface area (Å²) in [6, 6.07) is 10.1. The lowest BCUT2D eigenvalue weighted by Gasteiger charge is -2.15. The molecule has 90 valence electrons. The number of halogens is 2. The van der Waals surface area contributed by atoms with Gasteiger partial charge >= 0.3 is 0 Å². The van der Waals surface area contributed by atoms with E-state index in [2.05, 4.69) is 17.4 Å². The summed E-state index contributed by atoms with van der Waals surface area (Å²) in [7, 11) is 1.94. The van der Waals surface area contributed by atoms with Crippen molar-refractivity contribution in [3.63, 3.8) is 0 Å². The SMILES string of the molecule is CNC(c1cccc(Cl)c1)c1cc(C)c(Cl)s1. The van der Waals surface area contributed by atoms with Gasteiger partial charge in [-0.15, -0.1) is 11.3 Å². The molecule has 2 aromatic rings. The Kier molecular flexibility index (Phi) is 4.10. The molecule has 0 fully saturated rings. The number of nitrogens with one attached hydrogen (secondary N) is 1. The van der Waals surface area contributed by atoms with Crippen LogP contribution in [-0.2, 0) is 0 Å². The van der Waals surface area contributed by atoms with Crippen molar-refractivity contribution in [2.24, 2.45) is 0 Å². The Labute approximate surface area is 115 Å². The smallest absolute Gasteiger partial charge is 0.0961 e. The van der Waals surface area contributed by atoms with Gasteiger partial charge in [-0.25, -0.2) is 0 Å². The Morgan fingerprint density at radius 3 is 2.53 bits per heavy atom. The van der Waals surface area contributed by atoms with Crippen LogP contribution in [0.4, 0.5) is 0 Å². The van der Waals surface area contributed by atoms with Crippen LogP contribution in [0.3, 0.4) is 0 Å². The van der Waals surface area contributed by atoms with Crippen LogP contribution in [-0.4, -0.2) is 7.05 Å². The van der Waals surface area contributed by atoms with Crippen LogP contribution in [0.2, 0.25) is 9.36 Å². The van der Waals surface area contributed by atoms with Gasteiger partial charge in [-0.2, -0.15) is 0 Å². The summed E-state index contributed by atoms with van der Waals surface area (Å²) in [5, 5.41) is 4.05. The second-order valence-electron chi connectivity index (χ2n) is 3.88. The third-order valence-corrected chi connectivity index (χ3v) is 4.49. The predicted molar refractivity (Wildman–Crippen MR) is 76.4 cm³/mol. The highest BCUT2D eigenvalue weighted by Gasteiger charge is 2.15. The minimum absolute atomic E-state index is 0.143. The zero-order valence-corrected chi connectivity index (χ0v) is 12.0. The van der Waals surface area contributed by atoms with Crippen LogP contribution in [0.5, 0.6) is 0 Å². The minimum Gasteiger partial charge on any atom is -0.309 e. The molecular weight excluding hydrogens is 273 g/mol. The maximum Gasteiger partial charge on any atom is 0.0961 e. The zero-order chi connectivity index (χ0) is 12.4. The molecule has 0 saturated heterocycles. The quantitative estimate of drug-likeness (QED) is 0.864. The van der Waals surface area contributed by atoms with Gasteiger partial charge in [0.2, 0.25) is 0 Å². The third kappa shape index (κ3) is 2.83. The molecule has 1 atom stereocenters. The summed E-state index contributed by atoms with van der Waals surface area (Å²) >= 11 is 13.7. The van der Waals surface area contributed by atoms with Crippen LogP contribution in [0, 0.1) is 6.92 Å². The van der Waals surface area contributed by atoms with Crippen LogP contribution in [0.25, 0.3) is 0 Å². The molecule has 1 aromatic carbocycles. The summed E-state index contributed by atoms with van der Waals surface area (Å²) < 4.78 is 0.849. The fourth-order valence-corrected chi connectivity index (χ4v) is 3.34. The van der Waals surface area contributed by atoms with Gasteiger partial charge in [0.25, 0.3) is 0 Å². The molecule has 0 aliphatic rings. The van der Waals surface area contributed by atoms with E-state index in [-0.39, 0.29) is 6.04 Å². The first-order valence-electron chi connectivity index (χ1n) is 5.30. The summed E-state index contributed by atoms with van der Waals surface area (Å²) in [6.45, 7) is 2.02. The second kappa shape index (κ2) is 5.40. The van der Waals surface area contributed by atoms with Crippen molar-refractivity contribution >= 4 is 34.5 Å². The van der Waals surface area contributed by atoms with E-state index in [9.17, 15) is 0 Å². The van der Waals surface area contributed by atoms with E-state index >= 15 is 0 Å². The molecule has 1 nitrogen and oxygen atoms in total. The van der Waals surface area contributed by atoms with Gasteiger partial charge in [0.1, 0.15) is 0 Å². The van der Waals surface area contributed by atoms with Crippen molar-refractivity contribution in [3.8, 4) is 0 Å². The third-order valence-electron chi connectivity index (χ3n) is 2.63. The van der Waals surface area contributed by atoms with Crippen LogP contribution in [0.15, 0.2) is 30.3 Å². The lowest BCUT2D eigenvalue weighted by Crippen LogP contribution is -2.16. The van der Waals surface area contributed by atoms with Crippen LogP contribution in [0.1, 0.15) is 22.0 Å². The molecule has 0 saturated carbocycles. The highest BCUT2D eigenvalue weighted by Crippen LogP contribution is 2.34. The highest BCUT2D eigenvalue weighted by atomic mass is 35.5. The molecule has 0 spiro atoms. The van der Waals surface area contributed by atoms with Gasteiger partial charge < -0.3 is 5.32 Å². The summed E-state index contributed by atoms with van der Waals surface area (Å²) in [4.78, 5) is 1.21. The Bertz CT molecular complexity index is 502. The number of benzene rings is 1. The maximum absolute atomic E-state index is 6.11. The average Bonchev–Trinajstić information content (AvgIpc) is 2.60. The van der Waals surface area contributed by atoms with E-state index in [4.69, 9.17) is 23.2 Å². The molecule has 0 amide bonds. The average molecular weight is 286 g/mol. The number of rotatable bonds is 3. The molecule has 4 heteroatoms. The van der Waals surface area contributed by atoms with E-state index < -0.39 is 0 Å². The van der Waals surface area contributed by atoms with Crippen molar-refractivity contribution in [2.75, 3.05) is 7.05 Å².